The Morgan fingerprint density at radius 2 is 1.84 bits per heavy atom. The Hall–Kier alpha value is -4.17. The first-order chi connectivity index (χ1) is 15.1. The van der Waals surface area contributed by atoms with Gasteiger partial charge in [-0.1, -0.05) is 23.7 Å². The smallest absolute Gasteiger partial charge is 0.261 e. The second-order valence-corrected chi connectivity index (χ2v) is 7.12. The third kappa shape index (κ3) is 3.60. The van der Waals surface area contributed by atoms with Crippen molar-refractivity contribution in [2.24, 2.45) is 0 Å². The van der Waals surface area contributed by atoms with Crippen LogP contribution in [0.5, 0.6) is 11.6 Å². The number of ether oxygens (including phenoxy) is 1. The summed E-state index contributed by atoms with van der Waals surface area (Å²) in [5.41, 5.74) is 1.35. The van der Waals surface area contributed by atoms with Gasteiger partial charge in [0.05, 0.1) is 29.0 Å². The van der Waals surface area contributed by atoms with Crippen molar-refractivity contribution in [3.05, 3.63) is 94.0 Å². The highest BCUT2D eigenvalue weighted by Gasteiger charge is 2.16. The predicted molar refractivity (Wildman–Crippen MR) is 117 cm³/mol. The van der Waals surface area contributed by atoms with E-state index in [4.69, 9.17) is 16.3 Å². The second kappa shape index (κ2) is 7.58. The van der Waals surface area contributed by atoms with Gasteiger partial charge < -0.3 is 15.0 Å². The molecule has 3 heterocycles. The number of amides is 1. The fourth-order valence-corrected chi connectivity index (χ4v) is 3.31. The Morgan fingerprint density at radius 1 is 1.03 bits per heavy atom. The van der Waals surface area contributed by atoms with Gasteiger partial charge in [0.2, 0.25) is 5.88 Å². The minimum atomic E-state index is -0.422. The number of rotatable bonds is 4. The van der Waals surface area contributed by atoms with Crippen molar-refractivity contribution in [2.75, 3.05) is 5.32 Å². The maximum Gasteiger partial charge on any atom is 0.261 e. The molecule has 0 saturated carbocycles. The summed E-state index contributed by atoms with van der Waals surface area (Å²) in [5, 5.41) is 8.11. The molecule has 0 saturated heterocycles. The molecule has 0 aliphatic heterocycles. The lowest BCUT2D eigenvalue weighted by atomic mass is 10.2. The van der Waals surface area contributed by atoms with E-state index in [1.54, 1.807) is 54.6 Å². The van der Waals surface area contributed by atoms with E-state index in [2.05, 4.69) is 20.4 Å². The molecule has 31 heavy (non-hydrogen) atoms. The van der Waals surface area contributed by atoms with Crippen molar-refractivity contribution in [3.63, 3.8) is 0 Å². The van der Waals surface area contributed by atoms with Gasteiger partial charge in [-0.2, -0.15) is 5.10 Å². The van der Waals surface area contributed by atoms with Crippen LogP contribution in [-0.4, -0.2) is 25.5 Å². The fraction of sp³-hybridized carbons (Fsp3) is 0. The van der Waals surface area contributed by atoms with Gasteiger partial charge in [-0.05, 0) is 42.5 Å². The zero-order chi connectivity index (χ0) is 21.4. The maximum absolute atomic E-state index is 12.8. The zero-order valence-electron chi connectivity index (χ0n) is 15.9. The monoisotopic (exact) mass is 431 g/mol. The lowest BCUT2D eigenvalue weighted by Crippen LogP contribution is -2.15. The maximum atomic E-state index is 12.8. The lowest BCUT2D eigenvalue weighted by Gasteiger charge is -2.07. The van der Waals surface area contributed by atoms with Crippen molar-refractivity contribution < 1.29 is 9.53 Å². The molecular formula is C22H14ClN5O3. The van der Waals surface area contributed by atoms with Gasteiger partial charge in [0.25, 0.3) is 11.5 Å². The molecular weight excluding hydrogens is 418 g/mol. The van der Waals surface area contributed by atoms with E-state index in [0.29, 0.717) is 38.9 Å². The number of benzene rings is 2. The highest BCUT2D eigenvalue weighted by molar-refractivity contribution is 6.30. The number of pyridine rings is 1. The molecule has 5 aromatic rings. The van der Waals surface area contributed by atoms with Gasteiger partial charge in [-0.3, -0.25) is 9.59 Å². The van der Waals surface area contributed by atoms with E-state index in [1.807, 2.05) is 6.07 Å². The molecule has 0 unspecified atom stereocenters. The Labute approximate surface area is 180 Å². The quantitative estimate of drug-likeness (QED) is 0.442. The summed E-state index contributed by atoms with van der Waals surface area (Å²) < 4.78 is 7.18. The van der Waals surface area contributed by atoms with Crippen LogP contribution in [0.2, 0.25) is 5.02 Å². The molecule has 0 atom stereocenters. The molecule has 9 heteroatoms. The number of hydrogen-bond donors (Lipinski definition) is 2. The van der Waals surface area contributed by atoms with Crippen molar-refractivity contribution in [3.8, 4) is 11.6 Å². The van der Waals surface area contributed by atoms with Gasteiger partial charge in [0.1, 0.15) is 17.0 Å². The zero-order valence-corrected chi connectivity index (χ0v) is 16.6. The second-order valence-electron chi connectivity index (χ2n) is 6.69. The number of carbonyl (C=O) groups is 1. The number of nitrogens with one attached hydrogen (secondary N) is 2. The summed E-state index contributed by atoms with van der Waals surface area (Å²) in [6, 6.07) is 17.3. The number of aromatic nitrogens is 4. The normalized spacial score (nSPS) is 11.0. The fourth-order valence-electron chi connectivity index (χ4n) is 3.18. The van der Waals surface area contributed by atoms with Crippen molar-refractivity contribution in [2.45, 2.75) is 0 Å². The standard InChI is InChI=1S/C22H14ClN5O3/c23-13-5-8-15(9-6-13)31-19-10-7-14(11-24-19)26-22(30)17-12-25-28-18-4-2-1-3-16(18)21(29)27-20(17)28/h1-12H,(H,26,30)(H,27,29). The van der Waals surface area contributed by atoms with Gasteiger partial charge >= 0.3 is 0 Å². The predicted octanol–water partition coefficient (Wildman–Crippen LogP) is 4.27. The van der Waals surface area contributed by atoms with Crippen LogP contribution in [0.4, 0.5) is 5.69 Å². The molecule has 0 aliphatic rings. The van der Waals surface area contributed by atoms with E-state index in [1.165, 1.54) is 16.9 Å². The van der Waals surface area contributed by atoms with Gasteiger partial charge in [0.15, 0.2) is 0 Å². The Morgan fingerprint density at radius 3 is 2.61 bits per heavy atom. The number of nitrogens with zero attached hydrogens (tertiary/aromatic N) is 3. The Balaban J connectivity index is 1.38. The van der Waals surface area contributed by atoms with Crippen LogP contribution in [0.25, 0.3) is 16.6 Å². The number of para-hydroxylation sites is 1. The summed E-state index contributed by atoms with van der Waals surface area (Å²) in [7, 11) is 0. The number of aromatic amines is 1. The average Bonchev–Trinajstić information content (AvgIpc) is 3.21. The third-order valence-corrected chi connectivity index (χ3v) is 4.90. The molecule has 0 spiro atoms. The van der Waals surface area contributed by atoms with E-state index >= 15 is 0 Å². The Bertz CT molecular complexity index is 1470. The molecule has 0 bridgehead atoms. The van der Waals surface area contributed by atoms with Crippen molar-refractivity contribution in [1.82, 2.24) is 19.6 Å². The number of fused-ring (bicyclic) bond motifs is 3. The SMILES string of the molecule is O=C(Nc1ccc(Oc2ccc(Cl)cc2)nc1)c1cnn2c1[nH]c(=O)c1ccccc12. The van der Waals surface area contributed by atoms with Gasteiger partial charge in [0, 0.05) is 11.1 Å². The van der Waals surface area contributed by atoms with Crippen LogP contribution in [0.3, 0.4) is 0 Å². The number of halogens is 1. The molecule has 5 rings (SSSR count). The van der Waals surface area contributed by atoms with Crippen LogP contribution in [0.1, 0.15) is 10.4 Å². The van der Waals surface area contributed by atoms with E-state index in [0.717, 1.165) is 0 Å². The summed E-state index contributed by atoms with van der Waals surface area (Å²) in [5.74, 6) is 0.539. The molecule has 1 amide bonds. The number of carbonyl (C=O) groups excluding carboxylic acids is 1. The van der Waals surface area contributed by atoms with Crippen LogP contribution in [-0.2, 0) is 0 Å². The molecule has 152 valence electrons. The van der Waals surface area contributed by atoms with Crippen LogP contribution in [0.15, 0.2) is 77.9 Å². The molecule has 3 aromatic heterocycles. The van der Waals surface area contributed by atoms with Crippen molar-refractivity contribution in [1.29, 1.82) is 0 Å². The minimum absolute atomic E-state index is 0.240. The van der Waals surface area contributed by atoms with Crippen LogP contribution < -0.4 is 15.6 Å². The van der Waals surface area contributed by atoms with Gasteiger partial charge in [-0.25, -0.2) is 9.50 Å². The van der Waals surface area contributed by atoms with E-state index in [-0.39, 0.29) is 11.1 Å². The van der Waals surface area contributed by atoms with E-state index < -0.39 is 5.91 Å². The van der Waals surface area contributed by atoms with Crippen molar-refractivity contribution >= 4 is 39.7 Å². The minimum Gasteiger partial charge on any atom is -0.439 e. The lowest BCUT2D eigenvalue weighted by molar-refractivity contribution is 0.102. The molecule has 2 aromatic carbocycles. The highest BCUT2D eigenvalue weighted by atomic mass is 35.5. The van der Waals surface area contributed by atoms with Gasteiger partial charge in [-0.15, -0.1) is 0 Å². The summed E-state index contributed by atoms with van der Waals surface area (Å²) in [6.07, 6.45) is 2.89. The number of H-pyrrole nitrogens is 1. The summed E-state index contributed by atoms with van der Waals surface area (Å²) in [4.78, 5) is 32.1. The van der Waals surface area contributed by atoms with Crippen LogP contribution in [0, 0.1) is 0 Å². The molecule has 8 nitrogen and oxygen atoms in total. The first-order valence-corrected chi connectivity index (χ1v) is 9.66. The average molecular weight is 432 g/mol. The van der Waals surface area contributed by atoms with Crippen LogP contribution >= 0.6 is 11.6 Å². The number of anilines is 1. The molecule has 0 radical (unpaired) electrons. The topological polar surface area (TPSA) is 101 Å². The largest absolute Gasteiger partial charge is 0.439 e. The molecule has 0 aliphatic carbocycles. The molecule has 0 fully saturated rings. The summed E-state index contributed by atoms with van der Waals surface area (Å²) in [6.45, 7) is 0. The Kier molecular flexibility index (Phi) is 4.61. The number of hydrogen-bond acceptors (Lipinski definition) is 5. The first kappa shape index (κ1) is 18.8. The first-order valence-electron chi connectivity index (χ1n) is 9.28. The third-order valence-electron chi connectivity index (χ3n) is 4.65. The summed E-state index contributed by atoms with van der Waals surface area (Å²) >= 11 is 5.86. The molecule has 2 N–H and O–H groups in total. The highest BCUT2D eigenvalue weighted by Crippen LogP contribution is 2.23. The van der Waals surface area contributed by atoms with E-state index in [9.17, 15) is 9.59 Å².